The molecule has 2 aromatic carbocycles. The predicted octanol–water partition coefficient (Wildman–Crippen LogP) is 5.44. The molecule has 0 saturated heterocycles. The van der Waals surface area contributed by atoms with Gasteiger partial charge in [-0.1, -0.05) is 55.8 Å². The largest absolute Gasteiger partial charge is 0.390 e. The van der Waals surface area contributed by atoms with Gasteiger partial charge in [0, 0.05) is 47.8 Å². The Morgan fingerprint density at radius 1 is 0.946 bits per heavy atom. The number of carbonyl (C=O) groups is 2. The maximum atomic E-state index is 13.7. The Morgan fingerprint density at radius 2 is 1.54 bits per heavy atom. The maximum Gasteiger partial charge on any atom is 0.253 e. The Balaban J connectivity index is 2.26. The summed E-state index contributed by atoms with van der Waals surface area (Å²) in [5.41, 5.74) is 9.24. The average Bonchev–Trinajstić information content (AvgIpc) is 2.84. The number of aliphatic hydroxyl groups excluding tert-OH is 1. The minimum atomic E-state index is -0.884. The molecule has 0 saturated carbocycles. The summed E-state index contributed by atoms with van der Waals surface area (Å²) < 4.78 is 0.960. The van der Waals surface area contributed by atoms with Gasteiger partial charge < -0.3 is 20.6 Å². The second-order valence-corrected chi connectivity index (χ2v) is 11.3. The number of hydrogen-bond donors (Lipinski definition) is 2. The summed E-state index contributed by atoms with van der Waals surface area (Å²) in [4.78, 5) is 30.5. The molecule has 6 nitrogen and oxygen atoms in total. The highest BCUT2D eigenvalue weighted by Gasteiger charge is 2.25. The van der Waals surface area contributed by atoms with Gasteiger partial charge in [-0.05, 0) is 80.0 Å². The van der Waals surface area contributed by atoms with Gasteiger partial charge in [-0.3, -0.25) is 9.59 Å². The van der Waals surface area contributed by atoms with Gasteiger partial charge >= 0.3 is 0 Å². The predicted molar refractivity (Wildman–Crippen MR) is 155 cm³/mol. The van der Waals surface area contributed by atoms with Crippen molar-refractivity contribution in [3.05, 3.63) is 69.2 Å². The second kappa shape index (κ2) is 15.3. The Bertz CT molecular complexity index is 1020. The standard InChI is InChI=1S/C30H44BrN3O3/c1-6-12-33(13-7-2)29(36)24-15-22(5)16-25(19-24)30(37)34(14-11-21(3)4)20-28(35)27(32)18-23-9-8-10-26(31)17-23/h8-10,15-17,19,21,27-28,35H,6-7,11-14,18,20,32H2,1-5H3/t27-,28+/m0/s1. The maximum absolute atomic E-state index is 13.7. The van der Waals surface area contributed by atoms with E-state index in [9.17, 15) is 14.7 Å². The second-order valence-electron chi connectivity index (χ2n) is 10.4. The van der Waals surface area contributed by atoms with Crippen LogP contribution < -0.4 is 5.73 Å². The number of halogens is 1. The fourth-order valence-electron chi connectivity index (χ4n) is 4.37. The van der Waals surface area contributed by atoms with Crippen molar-refractivity contribution in [2.75, 3.05) is 26.2 Å². The molecule has 2 amide bonds. The molecule has 2 rings (SSSR count). The van der Waals surface area contributed by atoms with E-state index in [2.05, 4.69) is 43.6 Å². The van der Waals surface area contributed by atoms with E-state index in [1.807, 2.05) is 48.2 Å². The van der Waals surface area contributed by atoms with Crippen molar-refractivity contribution in [3.63, 3.8) is 0 Å². The van der Waals surface area contributed by atoms with Gasteiger partial charge in [-0.25, -0.2) is 0 Å². The number of aryl methyl sites for hydroxylation is 1. The summed E-state index contributed by atoms with van der Waals surface area (Å²) in [5, 5.41) is 11.0. The molecule has 2 atom stereocenters. The number of carbonyl (C=O) groups excluding carboxylic acids is 2. The topological polar surface area (TPSA) is 86.9 Å². The van der Waals surface area contributed by atoms with E-state index in [0.29, 0.717) is 43.1 Å². The zero-order chi connectivity index (χ0) is 27.5. The average molecular weight is 575 g/mol. The van der Waals surface area contributed by atoms with E-state index in [-0.39, 0.29) is 18.4 Å². The Morgan fingerprint density at radius 3 is 2.08 bits per heavy atom. The number of rotatable bonds is 14. The summed E-state index contributed by atoms with van der Waals surface area (Å²) in [6, 6.07) is 12.7. The SMILES string of the molecule is CCCN(CCC)C(=O)c1cc(C)cc(C(=O)N(CCC(C)C)C[C@@H](O)[C@@H](N)Cc2cccc(Br)c2)c1. The van der Waals surface area contributed by atoms with E-state index in [1.165, 1.54) is 0 Å². The molecule has 0 aliphatic heterocycles. The Hall–Kier alpha value is -2.22. The number of nitrogens with zero attached hydrogens (tertiary/aromatic N) is 2. The third-order valence-corrected chi connectivity index (χ3v) is 6.86. The monoisotopic (exact) mass is 573 g/mol. The van der Waals surface area contributed by atoms with Crippen molar-refractivity contribution in [2.24, 2.45) is 11.7 Å². The Labute approximate surface area is 231 Å². The van der Waals surface area contributed by atoms with E-state index < -0.39 is 12.1 Å². The number of amides is 2. The number of nitrogens with two attached hydrogens (primary N) is 1. The fraction of sp³-hybridized carbons (Fsp3) is 0.533. The third-order valence-electron chi connectivity index (χ3n) is 6.37. The van der Waals surface area contributed by atoms with Gasteiger partial charge in [0.05, 0.1) is 6.10 Å². The summed E-state index contributed by atoms with van der Waals surface area (Å²) in [6.45, 7) is 12.2. The third kappa shape index (κ3) is 9.87. The van der Waals surface area contributed by atoms with Crippen molar-refractivity contribution >= 4 is 27.7 Å². The number of aliphatic hydroxyl groups is 1. The highest BCUT2D eigenvalue weighted by atomic mass is 79.9. The van der Waals surface area contributed by atoms with Gasteiger partial charge in [0.25, 0.3) is 11.8 Å². The molecule has 0 heterocycles. The van der Waals surface area contributed by atoms with E-state index in [1.54, 1.807) is 11.0 Å². The first kappa shape index (κ1) is 31.0. The number of hydrogen-bond acceptors (Lipinski definition) is 4. The summed E-state index contributed by atoms with van der Waals surface area (Å²) in [6.07, 6.45) is 2.18. The van der Waals surface area contributed by atoms with Gasteiger partial charge in [-0.15, -0.1) is 0 Å². The molecule has 0 radical (unpaired) electrons. The lowest BCUT2D eigenvalue weighted by Gasteiger charge is -2.29. The van der Waals surface area contributed by atoms with Gasteiger partial charge in [0.1, 0.15) is 0 Å². The van der Waals surface area contributed by atoms with Crippen molar-refractivity contribution < 1.29 is 14.7 Å². The molecule has 37 heavy (non-hydrogen) atoms. The lowest BCUT2D eigenvalue weighted by molar-refractivity contribution is 0.0563. The van der Waals surface area contributed by atoms with Crippen LogP contribution in [0.2, 0.25) is 0 Å². The van der Waals surface area contributed by atoms with Crippen LogP contribution in [0.4, 0.5) is 0 Å². The van der Waals surface area contributed by atoms with Crippen LogP contribution in [-0.4, -0.2) is 65.0 Å². The van der Waals surface area contributed by atoms with Gasteiger partial charge in [0.2, 0.25) is 0 Å². The highest BCUT2D eigenvalue weighted by Crippen LogP contribution is 2.18. The summed E-state index contributed by atoms with van der Waals surface area (Å²) >= 11 is 3.47. The molecular formula is C30H44BrN3O3. The number of benzene rings is 2. The molecule has 0 bridgehead atoms. The van der Waals surface area contributed by atoms with Crippen LogP contribution in [0.25, 0.3) is 0 Å². The molecule has 0 aliphatic rings. The first-order valence-electron chi connectivity index (χ1n) is 13.4. The molecule has 0 spiro atoms. The van der Waals surface area contributed by atoms with Crippen LogP contribution in [0.3, 0.4) is 0 Å². The van der Waals surface area contributed by atoms with Crippen LogP contribution in [0.5, 0.6) is 0 Å². The molecule has 0 fully saturated rings. The Kier molecular flexibility index (Phi) is 12.8. The summed E-state index contributed by atoms with van der Waals surface area (Å²) in [7, 11) is 0. The molecule has 3 N–H and O–H groups in total. The minimum Gasteiger partial charge on any atom is -0.390 e. The van der Waals surface area contributed by atoms with Crippen molar-refractivity contribution in [3.8, 4) is 0 Å². The zero-order valence-corrected chi connectivity index (χ0v) is 24.6. The lowest BCUT2D eigenvalue weighted by atomic mass is 10.0. The summed E-state index contributed by atoms with van der Waals surface area (Å²) in [5.74, 6) is 0.157. The van der Waals surface area contributed by atoms with Crippen LogP contribution >= 0.6 is 15.9 Å². The van der Waals surface area contributed by atoms with Crippen LogP contribution in [0.1, 0.15) is 78.8 Å². The first-order valence-corrected chi connectivity index (χ1v) is 14.2. The van der Waals surface area contributed by atoms with Crippen LogP contribution in [-0.2, 0) is 6.42 Å². The molecular weight excluding hydrogens is 530 g/mol. The normalized spacial score (nSPS) is 12.9. The van der Waals surface area contributed by atoms with Crippen LogP contribution in [0, 0.1) is 12.8 Å². The molecule has 0 aromatic heterocycles. The molecule has 204 valence electrons. The van der Waals surface area contributed by atoms with E-state index >= 15 is 0 Å². The van der Waals surface area contributed by atoms with Gasteiger partial charge in [0.15, 0.2) is 0 Å². The first-order chi connectivity index (χ1) is 17.5. The van der Waals surface area contributed by atoms with Crippen molar-refractivity contribution in [2.45, 2.75) is 72.4 Å². The lowest BCUT2D eigenvalue weighted by Crippen LogP contribution is -2.47. The smallest absolute Gasteiger partial charge is 0.253 e. The van der Waals surface area contributed by atoms with E-state index in [0.717, 1.165) is 34.9 Å². The van der Waals surface area contributed by atoms with Crippen LogP contribution in [0.15, 0.2) is 46.9 Å². The van der Waals surface area contributed by atoms with Crippen molar-refractivity contribution in [1.29, 1.82) is 0 Å². The molecule has 2 aromatic rings. The van der Waals surface area contributed by atoms with E-state index in [4.69, 9.17) is 5.73 Å². The molecule has 0 unspecified atom stereocenters. The quantitative estimate of drug-likeness (QED) is 0.315. The zero-order valence-electron chi connectivity index (χ0n) is 23.0. The van der Waals surface area contributed by atoms with Crippen molar-refractivity contribution in [1.82, 2.24) is 9.80 Å². The molecule has 7 heteroatoms. The molecule has 0 aliphatic carbocycles. The highest BCUT2D eigenvalue weighted by molar-refractivity contribution is 9.10. The minimum absolute atomic E-state index is 0.0498. The van der Waals surface area contributed by atoms with Gasteiger partial charge in [-0.2, -0.15) is 0 Å². The fourth-order valence-corrected chi connectivity index (χ4v) is 4.82.